The van der Waals surface area contributed by atoms with E-state index in [1.807, 2.05) is 79.0 Å². The Morgan fingerprint density at radius 3 is 2.67 bits per heavy atom. The molecule has 2 aromatic rings. The summed E-state index contributed by atoms with van der Waals surface area (Å²) >= 11 is 0. The Morgan fingerprint density at radius 2 is 2.00 bits per heavy atom. The number of para-hydroxylation sites is 1. The highest BCUT2D eigenvalue weighted by atomic mass is 16.5. The second kappa shape index (κ2) is 6.69. The predicted octanol–water partition coefficient (Wildman–Crippen LogP) is 2.72. The van der Waals surface area contributed by atoms with Crippen LogP contribution in [0.15, 0.2) is 48.7 Å². The Bertz CT molecular complexity index is 694. The van der Waals surface area contributed by atoms with Crippen molar-refractivity contribution in [2.45, 2.75) is 25.6 Å². The number of morpholine rings is 1. The van der Waals surface area contributed by atoms with Crippen LogP contribution in [0.5, 0.6) is 5.75 Å². The van der Waals surface area contributed by atoms with Crippen LogP contribution in [0.4, 0.5) is 0 Å². The summed E-state index contributed by atoms with van der Waals surface area (Å²) < 4.78 is 13.8. The van der Waals surface area contributed by atoms with Crippen molar-refractivity contribution in [3.8, 4) is 5.75 Å². The molecule has 0 unspecified atom stereocenters. The van der Waals surface area contributed by atoms with E-state index >= 15 is 0 Å². The van der Waals surface area contributed by atoms with Gasteiger partial charge in [-0.2, -0.15) is 0 Å². The molecule has 3 rings (SSSR count). The molecule has 1 amide bonds. The largest absolute Gasteiger partial charge is 0.491 e. The molecular weight excluding hydrogens is 304 g/mol. The minimum absolute atomic E-state index is 0.0311. The first-order chi connectivity index (χ1) is 11.4. The molecule has 5 heteroatoms. The zero-order chi connectivity index (χ0) is 17.2. The van der Waals surface area contributed by atoms with E-state index in [4.69, 9.17) is 9.47 Å². The van der Waals surface area contributed by atoms with Gasteiger partial charge >= 0.3 is 0 Å². The third-order valence-corrected chi connectivity index (χ3v) is 4.11. The van der Waals surface area contributed by atoms with E-state index in [-0.39, 0.29) is 12.0 Å². The van der Waals surface area contributed by atoms with E-state index in [9.17, 15) is 4.79 Å². The highest BCUT2D eigenvalue weighted by Crippen LogP contribution is 2.23. The fourth-order valence-electron chi connectivity index (χ4n) is 3.09. The zero-order valence-electron chi connectivity index (χ0n) is 14.4. The van der Waals surface area contributed by atoms with Crippen molar-refractivity contribution in [1.29, 1.82) is 0 Å². The molecule has 1 aliphatic heterocycles. The van der Waals surface area contributed by atoms with E-state index in [2.05, 4.69) is 0 Å². The fourth-order valence-corrected chi connectivity index (χ4v) is 3.09. The van der Waals surface area contributed by atoms with Crippen LogP contribution in [0, 0.1) is 0 Å². The minimum Gasteiger partial charge on any atom is -0.491 e. The van der Waals surface area contributed by atoms with Gasteiger partial charge in [0.2, 0.25) is 0 Å². The Morgan fingerprint density at radius 1 is 1.25 bits per heavy atom. The van der Waals surface area contributed by atoms with Gasteiger partial charge in [0.1, 0.15) is 24.2 Å². The standard InChI is InChI=1S/C19H24N2O3/c1-19(2)14-21(18(22)17-10-7-11-20(17)3)12-16(24-19)13-23-15-8-5-4-6-9-15/h4-11,16H,12-14H2,1-3H3/t16-/m0/s1. The maximum Gasteiger partial charge on any atom is 0.270 e. The first kappa shape index (κ1) is 16.6. The quantitative estimate of drug-likeness (QED) is 0.867. The molecule has 1 aromatic carbocycles. The van der Waals surface area contributed by atoms with Gasteiger partial charge in [-0.1, -0.05) is 18.2 Å². The molecule has 0 N–H and O–H groups in total. The van der Waals surface area contributed by atoms with Crippen molar-refractivity contribution in [3.05, 3.63) is 54.4 Å². The number of carbonyl (C=O) groups excluding carboxylic acids is 1. The van der Waals surface area contributed by atoms with E-state index in [1.54, 1.807) is 0 Å². The molecule has 1 fully saturated rings. The molecule has 0 aliphatic carbocycles. The SMILES string of the molecule is Cn1cccc1C(=O)N1C[C@@H](COc2ccccc2)OC(C)(C)C1. The zero-order valence-corrected chi connectivity index (χ0v) is 14.4. The summed E-state index contributed by atoms with van der Waals surface area (Å²) in [5.74, 6) is 0.841. The van der Waals surface area contributed by atoms with Gasteiger partial charge < -0.3 is 18.9 Å². The van der Waals surface area contributed by atoms with Crippen LogP contribution >= 0.6 is 0 Å². The van der Waals surface area contributed by atoms with Gasteiger partial charge in [-0.25, -0.2) is 0 Å². The maximum atomic E-state index is 12.8. The molecule has 128 valence electrons. The van der Waals surface area contributed by atoms with Gasteiger partial charge in [-0.3, -0.25) is 4.79 Å². The molecule has 0 saturated carbocycles. The number of ether oxygens (including phenoxy) is 2. The van der Waals surface area contributed by atoms with Crippen molar-refractivity contribution >= 4 is 5.91 Å². The highest BCUT2D eigenvalue weighted by molar-refractivity contribution is 5.92. The van der Waals surface area contributed by atoms with Crippen LogP contribution in [0.3, 0.4) is 0 Å². The summed E-state index contributed by atoms with van der Waals surface area (Å²) in [5, 5.41) is 0. The Balaban J connectivity index is 1.68. The van der Waals surface area contributed by atoms with Gasteiger partial charge in [0.15, 0.2) is 0 Å². The van der Waals surface area contributed by atoms with Crippen LogP contribution in [-0.2, 0) is 11.8 Å². The number of aryl methyl sites for hydroxylation is 1. The van der Waals surface area contributed by atoms with Gasteiger partial charge in [0.25, 0.3) is 5.91 Å². The number of rotatable bonds is 4. The molecule has 2 heterocycles. The smallest absolute Gasteiger partial charge is 0.270 e. The van der Waals surface area contributed by atoms with Crippen molar-refractivity contribution in [1.82, 2.24) is 9.47 Å². The number of hydrogen-bond acceptors (Lipinski definition) is 3. The van der Waals surface area contributed by atoms with Gasteiger partial charge in [0.05, 0.1) is 12.1 Å². The molecule has 1 atom stereocenters. The lowest BCUT2D eigenvalue weighted by Gasteiger charge is -2.42. The molecule has 1 aliphatic rings. The highest BCUT2D eigenvalue weighted by Gasteiger charge is 2.36. The summed E-state index contributed by atoms with van der Waals surface area (Å²) in [5.41, 5.74) is 0.291. The number of aromatic nitrogens is 1. The van der Waals surface area contributed by atoms with Gasteiger partial charge in [-0.15, -0.1) is 0 Å². The molecule has 1 saturated heterocycles. The van der Waals surface area contributed by atoms with Crippen molar-refractivity contribution in [2.75, 3.05) is 19.7 Å². The molecule has 0 radical (unpaired) electrons. The summed E-state index contributed by atoms with van der Waals surface area (Å²) in [6.45, 7) is 5.53. The number of hydrogen-bond donors (Lipinski definition) is 0. The molecule has 1 aromatic heterocycles. The molecule has 0 spiro atoms. The third-order valence-electron chi connectivity index (χ3n) is 4.11. The lowest BCUT2D eigenvalue weighted by atomic mass is 10.0. The summed E-state index contributed by atoms with van der Waals surface area (Å²) in [6.07, 6.45) is 1.73. The van der Waals surface area contributed by atoms with Crippen molar-refractivity contribution in [3.63, 3.8) is 0 Å². The second-order valence-electron chi connectivity index (χ2n) is 6.81. The van der Waals surface area contributed by atoms with E-state index in [0.717, 1.165) is 5.75 Å². The average molecular weight is 328 g/mol. The van der Waals surface area contributed by atoms with Crippen LogP contribution in [0.1, 0.15) is 24.3 Å². The summed E-state index contributed by atoms with van der Waals surface area (Å²) in [4.78, 5) is 14.7. The van der Waals surface area contributed by atoms with Crippen molar-refractivity contribution < 1.29 is 14.3 Å². The lowest BCUT2D eigenvalue weighted by molar-refractivity contribution is -0.136. The normalized spacial score (nSPS) is 20.0. The second-order valence-corrected chi connectivity index (χ2v) is 6.81. The van der Waals surface area contributed by atoms with Crippen LogP contribution in [-0.4, -0.2) is 46.8 Å². The maximum absolute atomic E-state index is 12.8. The molecule has 0 bridgehead atoms. The average Bonchev–Trinajstić information content (AvgIpc) is 2.98. The Hall–Kier alpha value is -2.27. The fraction of sp³-hybridized carbons (Fsp3) is 0.421. The topological polar surface area (TPSA) is 43.7 Å². The first-order valence-corrected chi connectivity index (χ1v) is 8.21. The number of benzene rings is 1. The van der Waals surface area contributed by atoms with E-state index in [1.165, 1.54) is 0 Å². The summed E-state index contributed by atoms with van der Waals surface area (Å²) in [7, 11) is 1.88. The van der Waals surface area contributed by atoms with Gasteiger partial charge in [0, 0.05) is 19.8 Å². The van der Waals surface area contributed by atoms with Crippen molar-refractivity contribution in [2.24, 2.45) is 7.05 Å². The monoisotopic (exact) mass is 328 g/mol. The number of nitrogens with zero attached hydrogens (tertiary/aromatic N) is 2. The van der Waals surface area contributed by atoms with E-state index in [0.29, 0.717) is 25.4 Å². The number of amides is 1. The lowest BCUT2D eigenvalue weighted by Crippen LogP contribution is -2.56. The minimum atomic E-state index is -0.399. The molecule has 5 nitrogen and oxygen atoms in total. The Kier molecular flexibility index (Phi) is 4.62. The van der Waals surface area contributed by atoms with Crippen LogP contribution in [0.25, 0.3) is 0 Å². The number of carbonyl (C=O) groups is 1. The Labute approximate surface area is 142 Å². The third kappa shape index (κ3) is 3.79. The first-order valence-electron chi connectivity index (χ1n) is 8.21. The summed E-state index contributed by atoms with van der Waals surface area (Å²) in [6, 6.07) is 13.4. The van der Waals surface area contributed by atoms with Crippen LogP contribution in [0.2, 0.25) is 0 Å². The van der Waals surface area contributed by atoms with E-state index < -0.39 is 5.60 Å². The van der Waals surface area contributed by atoms with Crippen LogP contribution < -0.4 is 4.74 Å². The predicted molar refractivity (Wildman–Crippen MR) is 92.2 cm³/mol. The molecular formula is C19H24N2O3. The van der Waals surface area contributed by atoms with Gasteiger partial charge in [-0.05, 0) is 38.1 Å². The molecule has 24 heavy (non-hydrogen) atoms.